The SMILES string of the molecule is Fc1ccc(Cl)cc1COc1ccc(CBr)cc1Br. The molecule has 0 N–H and O–H groups in total. The largest absolute Gasteiger partial charge is 0.488 e. The first-order chi connectivity index (χ1) is 9.10. The molecule has 0 aliphatic rings. The highest BCUT2D eigenvalue weighted by Crippen LogP contribution is 2.28. The van der Waals surface area contributed by atoms with Gasteiger partial charge >= 0.3 is 0 Å². The summed E-state index contributed by atoms with van der Waals surface area (Å²) < 4.78 is 20.0. The highest BCUT2D eigenvalue weighted by atomic mass is 79.9. The van der Waals surface area contributed by atoms with Gasteiger partial charge in [0.1, 0.15) is 18.2 Å². The predicted octanol–water partition coefficient (Wildman–Crippen LogP) is 5.72. The van der Waals surface area contributed by atoms with Crippen molar-refractivity contribution in [3.05, 3.63) is 62.8 Å². The molecule has 0 radical (unpaired) electrons. The predicted molar refractivity (Wildman–Crippen MR) is 82.5 cm³/mol. The molecule has 0 saturated heterocycles. The molecule has 0 bridgehead atoms. The number of hydrogen-bond donors (Lipinski definition) is 0. The van der Waals surface area contributed by atoms with Crippen LogP contribution in [0.3, 0.4) is 0 Å². The van der Waals surface area contributed by atoms with Crippen LogP contribution in [0.1, 0.15) is 11.1 Å². The zero-order chi connectivity index (χ0) is 13.8. The van der Waals surface area contributed by atoms with E-state index in [0.29, 0.717) is 16.3 Å². The van der Waals surface area contributed by atoms with Gasteiger partial charge in [-0.2, -0.15) is 0 Å². The quantitative estimate of drug-likeness (QED) is 0.589. The summed E-state index contributed by atoms with van der Waals surface area (Å²) in [6.45, 7) is 0.138. The topological polar surface area (TPSA) is 9.23 Å². The van der Waals surface area contributed by atoms with Crippen LogP contribution in [0.25, 0.3) is 0 Å². The van der Waals surface area contributed by atoms with Crippen LogP contribution < -0.4 is 4.74 Å². The summed E-state index contributed by atoms with van der Waals surface area (Å²) in [4.78, 5) is 0. The fourth-order valence-electron chi connectivity index (χ4n) is 1.55. The van der Waals surface area contributed by atoms with Crippen molar-refractivity contribution in [1.82, 2.24) is 0 Å². The third kappa shape index (κ3) is 3.94. The van der Waals surface area contributed by atoms with Gasteiger partial charge in [-0.1, -0.05) is 33.6 Å². The van der Waals surface area contributed by atoms with Crippen LogP contribution in [0.4, 0.5) is 4.39 Å². The molecule has 100 valence electrons. The maximum atomic E-state index is 13.5. The summed E-state index contributed by atoms with van der Waals surface area (Å²) in [5, 5.41) is 1.27. The summed E-state index contributed by atoms with van der Waals surface area (Å²) in [7, 11) is 0. The van der Waals surface area contributed by atoms with Crippen molar-refractivity contribution < 1.29 is 9.13 Å². The monoisotopic (exact) mass is 406 g/mol. The maximum absolute atomic E-state index is 13.5. The Hall–Kier alpha value is -0.580. The van der Waals surface area contributed by atoms with E-state index in [-0.39, 0.29) is 12.4 Å². The fraction of sp³-hybridized carbons (Fsp3) is 0.143. The first-order valence-electron chi connectivity index (χ1n) is 5.51. The Labute approximate surface area is 133 Å². The molecule has 0 aromatic heterocycles. The molecule has 19 heavy (non-hydrogen) atoms. The molecule has 0 atom stereocenters. The maximum Gasteiger partial charge on any atom is 0.134 e. The van der Waals surface area contributed by atoms with Crippen molar-refractivity contribution in [1.29, 1.82) is 0 Å². The Morgan fingerprint density at radius 2 is 1.95 bits per heavy atom. The molecule has 2 aromatic rings. The second-order valence-electron chi connectivity index (χ2n) is 3.92. The molecule has 2 aromatic carbocycles. The second-order valence-corrected chi connectivity index (χ2v) is 5.77. The molecular weight excluding hydrogens is 398 g/mol. The molecule has 2 rings (SSSR count). The van der Waals surface area contributed by atoms with E-state index in [0.717, 1.165) is 15.4 Å². The Morgan fingerprint density at radius 3 is 2.63 bits per heavy atom. The third-order valence-corrected chi connectivity index (χ3v) is 4.04. The number of ether oxygens (including phenoxy) is 1. The summed E-state index contributed by atoms with van der Waals surface area (Å²) in [6.07, 6.45) is 0. The van der Waals surface area contributed by atoms with Gasteiger partial charge in [0.25, 0.3) is 0 Å². The average Bonchev–Trinajstić information content (AvgIpc) is 2.40. The van der Waals surface area contributed by atoms with Gasteiger partial charge in [-0.25, -0.2) is 4.39 Å². The van der Waals surface area contributed by atoms with E-state index in [1.165, 1.54) is 12.1 Å². The molecule has 5 heteroatoms. The zero-order valence-electron chi connectivity index (χ0n) is 9.80. The number of rotatable bonds is 4. The van der Waals surface area contributed by atoms with E-state index in [1.807, 2.05) is 18.2 Å². The van der Waals surface area contributed by atoms with Crippen LogP contribution in [0.5, 0.6) is 5.75 Å². The Morgan fingerprint density at radius 1 is 1.16 bits per heavy atom. The Kier molecular flexibility index (Phi) is 5.25. The van der Waals surface area contributed by atoms with Crippen molar-refractivity contribution >= 4 is 43.5 Å². The smallest absolute Gasteiger partial charge is 0.134 e. The normalized spacial score (nSPS) is 10.5. The summed E-state index contributed by atoms with van der Waals surface area (Å²) in [5.41, 5.74) is 1.57. The van der Waals surface area contributed by atoms with E-state index in [4.69, 9.17) is 16.3 Å². The minimum atomic E-state index is -0.322. The van der Waals surface area contributed by atoms with E-state index >= 15 is 0 Å². The molecule has 0 heterocycles. The standard InChI is InChI=1S/C14H10Br2ClFO/c15-7-9-1-4-14(12(16)5-9)19-8-10-6-11(17)2-3-13(10)18/h1-6H,7-8H2. The Balaban J connectivity index is 2.12. The van der Waals surface area contributed by atoms with Gasteiger partial charge in [0, 0.05) is 15.9 Å². The van der Waals surface area contributed by atoms with Crippen LogP contribution >= 0.6 is 43.5 Å². The van der Waals surface area contributed by atoms with Crippen LogP contribution in [-0.4, -0.2) is 0 Å². The van der Waals surface area contributed by atoms with Crippen molar-refractivity contribution in [2.45, 2.75) is 11.9 Å². The summed E-state index contributed by atoms with van der Waals surface area (Å²) in [6, 6.07) is 10.2. The van der Waals surface area contributed by atoms with E-state index in [2.05, 4.69) is 31.9 Å². The van der Waals surface area contributed by atoms with Gasteiger partial charge < -0.3 is 4.74 Å². The third-order valence-electron chi connectivity index (χ3n) is 2.54. The van der Waals surface area contributed by atoms with Gasteiger partial charge in [0.2, 0.25) is 0 Å². The highest BCUT2D eigenvalue weighted by molar-refractivity contribution is 9.10. The van der Waals surface area contributed by atoms with E-state index in [1.54, 1.807) is 6.07 Å². The second kappa shape index (κ2) is 6.73. The zero-order valence-corrected chi connectivity index (χ0v) is 13.7. The lowest BCUT2D eigenvalue weighted by Crippen LogP contribution is -1.99. The molecule has 0 saturated carbocycles. The van der Waals surface area contributed by atoms with Crippen molar-refractivity contribution in [2.75, 3.05) is 0 Å². The van der Waals surface area contributed by atoms with Crippen LogP contribution in [0.2, 0.25) is 5.02 Å². The first kappa shape index (κ1) is 14.8. The Bertz CT molecular complexity index is 590. The molecule has 1 nitrogen and oxygen atoms in total. The van der Waals surface area contributed by atoms with E-state index < -0.39 is 0 Å². The van der Waals surface area contributed by atoms with Crippen molar-refractivity contribution in [3.8, 4) is 5.75 Å². The highest BCUT2D eigenvalue weighted by Gasteiger charge is 2.06. The van der Waals surface area contributed by atoms with Gasteiger partial charge in [-0.15, -0.1) is 0 Å². The summed E-state index contributed by atoms with van der Waals surface area (Å²) in [5.74, 6) is 0.349. The lowest BCUT2D eigenvalue weighted by atomic mass is 10.2. The van der Waals surface area contributed by atoms with Gasteiger partial charge in [0.15, 0.2) is 0 Å². The van der Waals surface area contributed by atoms with Gasteiger partial charge in [-0.05, 0) is 51.8 Å². The molecular formula is C14H10Br2ClFO. The molecule has 0 aliphatic carbocycles. The molecule has 0 aliphatic heterocycles. The first-order valence-corrected chi connectivity index (χ1v) is 7.80. The van der Waals surface area contributed by atoms with Crippen molar-refractivity contribution in [2.24, 2.45) is 0 Å². The number of benzene rings is 2. The molecule has 0 spiro atoms. The van der Waals surface area contributed by atoms with E-state index in [9.17, 15) is 4.39 Å². The van der Waals surface area contributed by atoms with Gasteiger partial charge in [-0.3, -0.25) is 0 Å². The molecule has 0 unspecified atom stereocenters. The van der Waals surface area contributed by atoms with Crippen molar-refractivity contribution in [3.63, 3.8) is 0 Å². The minimum absolute atomic E-state index is 0.138. The van der Waals surface area contributed by atoms with Gasteiger partial charge in [0.05, 0.1) is 4.47 Å². The molecule has 0 amide bonds. The number of halogens is 4. The number of hydrogen-bond acceptors (Lipinski definition) is 1. The number of alkyl halides is 1. The lowest BCUT2D eigenvalue weighted by molar-refractivity contribution is 0.298. The molecule has 0 fully saturated rings. The van der Waals surface area contributed by atoms with Crippen LogP contribution in [0.15, 0.2) is 40.9 Å². The fourth-order valence-corrected chi connectivity index (χ4v) is 2.64. The minimum Gasteiger partial charge on any atom is -0.488 e. The lowest BCUT2D eigenvalue weighted by Gasteiger charge is -2.10. The van der Waals surface area contributed by atoms with Crippen LogP contribution in [-0.2, 0) is 11.9 Å². The summed E-state index contributed by atoms with van der Waals surface area (Å²) >= 11 is 12.6. The van der Waals surface area contributed by atoms with Crippen LogP contribution in [0, 0.1) is 5.82 Å². The average molecular weight is 408 g/mol.